The second kappa shape index (κ2) is 5.36. The average Bonchev–Trinajstić information content (AvgIpc) is 2.38. The summed E-state index contributed by atoms with van der Waals surface area (Å²) in [4.78, 5) is 4.63. The van der Waals surface area contributed by atoms with Gasteiger partial charge >= 0.3 is 0 Å². The van der Waals surface area contributed by atoms with Gasteiger partial charge in [0.2, 0.25) is 0 Å². The third-order valence-corrected chi connectivity index (χ3v) is 5.26. The fourth-order valence-corrected chi connectivity index (χ4v) is 3.47. The molecule has 1 atom stereocenters. The summed E-state index contributed by atoms with van der Waals surface area (Å²) >= 11 is 0. The second-order valence-electron chi connectivity index (χ2n) is 6.97. The number of nitrogens with zero attached hydrogens (tertiary/aromatic N) is 1. The van der Waals surface area contributed by atoms with Crippen LogP contribution in [0.25, 0.3) is 0 Å². The van der Waals surface area contributed by atoms with Crippen molar-refractivity contribution in [2.45, 2.75) is 65.3 Å². The first-order chi connectivity index (χ1) is 9.31. The number of methoxy groups -OCH3 is 1. The SMILES string of the molecule is COc1c(C)cnc(CC2(N)CCCCC2(C)C)c1C. The molecule has 0 spiro atoms. The van der Waals surface area contributed by atoms with Crippen molar-refractivity contribution in [3.63, 3.8) is 0 Å². The van der Waals surface area contributed by atoms with Crippen LogP contribution in [0.1, 0.15) is 56.4 Å². The maximum atomic E-state index is 6.79. The summed E-state index contributed by atoms with van der Waals surface area (Å²) < 4.78 is 5.51. The van der Waals surface area contributed by atoms with Gasteiger partial charge in [0.05, 0.1) is 7.11 Å². The molecule has 0 amide bonds. The van der Waals surface area contributed by atoms with Gasteiger partial charge in [-0.05, 0) is 32.1 Å². The summed E-state index contributed by atoms with van der Waals surface area (Å²) in [6, 6.07) is 0. The van der Waals surface area contributed by atoms with Gasteiger partial charge in [-0.3, -0.25) is 4.98 Å². The Morgan fingerprint density at radius 2 is 1.90 bits per heavy atom. The van der Waals surface area contributed by atoms with Crippen LogP contribution in [0.5, 0.6) is 5.75 Å². The summed E-state index contributed by atoms with van der Waals surface area (Å²) in [7, 11) is 1.72. The number of hydrogen-bond acceptors (Lipinski definition) is 3. The Labute approximate surface area is 122 Å². The molecule has 0 saturated heterocycles. The molecular weight excluding hydrogens is 248 g/mol. The van der Waals surface area contributed by atoms with E-state index >= 15 is 0 Å². The number of rotatable bonds is 3. The van der Waals surface area contributed by atoms with Crippen molar-refractivity contribution >= 4 is 0 Å². The van der Waals surface area contributed by atoms with Crippen molar-refractivity contribution < 1.29 is 4.74 Å². The minimum Gasteiger partial charge on any atom is -0.496 e. The van der Waals surface area contributed by atoms with E-state index in [0.717, 1.165) is 35.4 Å². The molecule has 1 aromatic rings. The molecule has 3 heteroatoms. The van der Waals surface area contributed by atoms with Crippen LogP contribution in [0, 0.1) is 19.3 Å². The van der Waals surface area contributed by atoms with E-state index in [9.17, 15) is 0 Å². The molecule has 2 N–H and O–H groups in total. The standard InChI is InChI=1S/C17H28N2O/c1-12-11-19-14(13(2)15(12)20-5)10-17(18)9-7-6-8-16(17,3)4/h11H,6-10,18H2,1-5H3. The number of pyridine rings is 1. The lowest BCUT2D eigenvalue weighted by Gasteiger charge is -2.48. The predicted octanol–water partition coefficient (Wildman–Crippen LogP) is 3.55. The molecule has 2 rings (SSSR count). The lowest BCUT2D eigenvalue weighted by molar-refractivity contribution is 0.0979. The molecule has 1 aromatic heterocycles. The highest BCUT2D eigenvalue weighted by Gasteiger charge is 2.43. The number of aromatic nitrogens is 1. The Hall–Kier alpha value is -1.09. The summed E-state index contributed by atoms with van der Waals surface area (Å²) in [5.74, 6) is 0.951. The zero-order chi connectivity index (χ0) is 15.0. The number of hydrogen-bond donors (Lipinski definition) is 1. The second-order valence-corrected chi connectivity index (χ2v) is 6.97. The minimum absolute atomic E-state index is 0.163. The topological polar surface area (TPSA) is 48.1 Å². The Morgan fingerprint density at radius 3 is 2.50 bits per heavy atom. The maximum Gasteiger partial charge on any atom is 0.128 e. The van der Waals surface area contributed by atoms with E-state index in [4.69, 9.17) is 10.5 Å². The first-order valence-corrected chi connectivity index (χ1v) is 7.59. The van der Waals surface area contributed by atoms with Gasteiger partial charge in [-0.25, -0.2) is 0 Å². The highest BCUT2D eigenvalue weighted by molar-refractivity contribution is 5.41. The fourth-order valence-electron chi connectivity index (χ4n) is 3.47. The van der Waals surface area contributed by atoms with E-state index in [1.807, 2.05) is 13.1 Å². The molecule has 0 aliphatic heterocycles. The molecule has 1 aliphatic carbocycles. The molecule has 1 unspecified atom stereocenters. The van der Waals surface area contributed by atoms with Gasteiger partial charge < -0.3 is 10.5 Å². The predicted molar refractivity (Wildman–Crippen MR) is 83.1 cm³/mol. The molecule has 112 valence electrons. The van der Waals surface area contributed by atoms with Crippen molar-refractivity contribution in [2.24, 2.45) is 11.1 Å². The smallest absolute Gasteiger partial charge is 0.128 e. The molecule has 1 fully saturated rings. The molecular formula is C17H28N2O. The lowest BCUT2D eigenvalue weighted by Crippen LogP contribution is -2.56. The molecule has 20 heavy (non-hydrogen) atoms. The van der Waals surface area contributed by atoms with Gasteiger partial charge in [0.1, 0.15) is 5.75 Å². The van der Waals surface area contributed by atoms with Gasteiger partial charge in [0, 0.05) is 35.0 Å². The highest BCUT2D eigenvalue weighted by atomic mass is 16.5. The van der Waals surface area contributed by atoms with Crippen molar-refractivity contribution in [1.29, 1.82) is 0 Å². The van der Waals surface area contributed by atoms with Crippen LogP contribution in [0.2, 0.25) is 0 Å². The Morgan fingerprint density at radius 1 is 1.25 bits per heavy atom. The molecule has 0 aromatic carbocycles. The average molecular weight is 276 g/mol. The normalized spacial score (nSPS) is 25.5. The van der Waals surface area contributed by atoms with E-state index in [2.05, 4.69) is 25.8 Å². The Balaban J connectivity index is 2.34. The molecule has 0 radical (unpaired) electrons. The lowest BCUT2D eigenvalue weighted by atomic mass is 9.62. The summed E-state index contributed by atoms with van der Waals surface area (Å²) in [5.41, 5.74) is 10.1. The highest BCUT2D eigenvalue weighted by Crippen LogP contribution is 2.44. The number of aryl methyl sites for hydroxylation is 1. The maximum absolute atomic E-state index is 6.79. The summed E-state index contributed by atoms with van der Waals surface area (Å²) in [6.45, 7) is 8.72. The van der Waals surface area contributed by atoms with Crippen molar-refractivity contribution in [1.82, 2.24) is 4.98 Å². The van der Waals surface area contributed by atoms with Crippen LogP contribution in [-0.2, 0) is 6.42 Å². The third-order valence-electron chi connectivity index (χ3n) is 5.26. The van der Waals surface area contributed by atoms with E-state index in [1.54, 1.807) is 7.11 Å². The third kappa shape index (κ3) is 2.56. The van der Waals surface area contributed by atoms with Crippen LogP contribution in [-0.4, -0.2) is 17.6 Å². The first kappa shape index (κ1) is 15.3. The van der Waals surface area contributed by atoms with Crippen LogP contribution in [0.4, 0.5) is 0 Å². The number of ether oxygens (including phenoxy) is 1. The van der Waals surface area contributed by atoms with Crippen molar-refractivity contribution in [3.8, 4) is 5.75 Å². The zero-order valence-corrected chi connectivity index (χ0v) is 13.5. The van der Waals surface area contributed by atoms with E-state index in [1.165, 1.54) is 19.3 Å². The van der Waals surface area contributed by atoms with Gasteiger partial charge in [-0.15, -0.1) is 0 Å². The quantitative estimate of drug-likeness (QED) is 0.918. The van der Waals surface area contributed by atoms with Crippen molar-refractivity contribution in [2.75, 3.05) is 7.11 Å². The summed E-state index contributed by atoms with van der Waals surface area (Å²) in [5, 5.41) is 0. The molecule has 3 nitrogen and oxygen atoms in total. The zero-order valence-electron chi connectivity index (χ0n) is 13.5. The Bertz CT molecular complexity index is 496. The van der Waals surface area contributed by atoms with E-state index in [0.29, 0.717) is 0 Å². The van der Waals surface area contributed by atoms with E-state index in [-0.39, 0.29) is 11.0 Å². The van der Waals surface area contributed by atoms with Crippen LogP contribution in [0.15, 0.2) is 6.20 Å². The monoisotopic (exact) mass is 276 g/mol. The fraction of sp³-hybridized carbons (Fsp3) is 0.706. The Kier molecular flexibility index (Phi) is 4.10. The van der Waals surface area contributed by atoms with Gasteiger partial charge in [-0.2, -0.15) is 0 Å². The largest absolute Gasteiger partial charge is 0.496 e. The van der Waals surface area contributed by atoms with Crippen LogP contribution < -0.4 is 10.5 Å². The molecule has 0 bridgehead atoms. The first-order valence-electron chi connectivity index (χ1n) is 7.59. The molecule has 1 saturated carbocycles. The van der Waals surface area contributed by atoms with Gasteiger partial charge in [0.25, 0.3) is 0 Å². The van der Waals surface area contributed by atoms with E-state index < -0.39 is 0 Å². The molecule has 1 aliphatic rings. The van der Waals surface area contributed by atoms with Gasteiger partial charge in [0.15, 0.2) is 0 Å². The molecule has 1 heterocycles. The van der Waals surface area contributed by atoms with Crippen LogP contribution >= 0.6 is 0 Å². The summed E-state index contributed by atoms with van der Waals surface area (Å²) in [6.07, 6.45) is 7.53. The van der Waals surface area contributed by atoms with Crippen molar-refractivity contribution in [3.05, 3.63) is 23.0 Å². The number of nitrogens with two attached hydrogens (primary N) is 1. The minimum atomic E-state index is -0.163. The van der Waals surface area contributed by atoms with Crippen LogP contribution in [0.3, 0.4) is 0 Å². The van der Waals surface area contributed by atoms with Gasteiger partial charge in [-0.1, -0.05) is 26.7 Å².